The molecule has 0 aliphatic carbocycles. The van der Waals surface area contributed by atoms with Crippen LogP contribution >= 0.6 is 12.4 Å². The summed E-state index contributed by atoms with van der Waals surface area (Å²) in [4.78, 5) is 30.6. The number of likely N-dealkylation sites (tertiary alicyclic amines) is 1. The first-order valence-corrected chi connectivity index (χ1v) is 8.02. The summed E-state index contributed by atoms with van der Waals surface area (Å²) in [6.45, 7) is 4.16. The molecule has 0 radical (unpaired) electrons. The Morgan fingerprint density at radius 1 is 1.17 bits per heavy atom. The van der Waals surface area contributed by atoms with Crippen molar-refractivity contribution >= 4 is 24.3 Å². The van der Waals surface area contributed by atoms with Crippen LogP contribution in [-0.2, 0) is 14.4 Å². The summed E-state index contributed by atoms with van der Waals surface area (Å²) in [5.74, 6) is -0.657. The molecule has 1 aromatic rings. The highest BCUT2D eigenvalue weighted by Crippen LogP contribution is 2.10. The van der Waals surface area contributed by atoms with Crippen molar-refractivity contribution in [1.82, 2.24) is 10.4 Å². The van der Waals surface area contributed by atoms with E-state index >= 15 is 0 Å². The van der Waals surface area contributed by atoms with Gasteiger partial charge in [-0.15, -0.1) is 12.4 Å². The number of ether oxygens (including phenoxy) is 1. The van der Waals surface area contributed by atoms with Crippen LogP contribution in [0.25, 0.3) is 0 Å². The second-order valence-electron chi connectivity index (χ2n) is 5.70. The van der Waals surface area contributed by atoms with Crippen LogP contribution in [0.3, 0.4) is 0 Å². The maximum atomic E-state index is 11.9. The smallest absolute Gasteiger partial charge is 0.303 e. The first kappa shape index (κ1) is 20.4. The standard InChI is InChI=1S/C17H24N2O4.ClH/c1-14(20)23-16(12-19-10-6-3-7-11-19)13-22-18-17(21)15-8-4-2-5-9-15;/h2,4-5,8-9,16H,3,6-7,10-13H2,1H3,(H,18,21);1H. The summed E-state index contributed by atoms with van der Waals surface area (Å²) in [6.07, 6.45) is 3.19. The van der Waals surface area contributed by atoms with Crippen molar-refractivity contribution in [3.05, 3.63) is 35.9 Å². The SMILES string of the molecule is CC(=O)OC(CONC(=O)c1ccccc1)CN1CCCCC1.Cl. The van der Waals surface area contributed by atoms with E-state index in [1.807, 2.05) is 6.07 Å². The van der Waals surface area contributed by atoms with Crippen molar-refractivity contribution in [3.63, 3.8) is 0 Å². The zero-order chi connectivity index (χ0) is 16.5. The van der Waals surface area contributed by atoms with Gasteiger partial charge in [-0.2, -0.15) is 0 Å². The Bertz CT molecular complexity index is 507. The fourth-order valence-corrected chi connectivity index (χ4v) is 2.64. The van der Waals surface area contributed by atoms with Crippen LogP contribution in [0.5, 0.6) is 0 Å². The number of halogens is 1. The van der Waals surface area contributed by atoms with Gasteiger partial charge in [0.05, 0.1) is 0 Å². The van der Waals surface area contributed by atoms with E-state index in [1.165, 1.54) is 26.2 Å². The Hall–Kier alpha value is -1.63. The first-order chi connectivity index (χ1) is 11.1. The molecule has 0 spiro atoms. The molecule has 1 aliphatic heterocycles. The van der Waals surface area contributed by atoms with Gasteiger partial charge in [-0.3, -0.25) is 19.3 Å². The van der Waals surface area contributed by atoms with Crippen molar-refractivity contribution in [1.29, 1.82) is 0 Å². The van der Waals surface area contributed by atoms with Crippen LogP contribution in [-0.4, -0.2) is 49.1 Å². The Balaban J connectivity index is 0.00000288. The molecule has 6 nitrogen and oxygen atoms in total. The summed E-state index contributed by atoms with van der Waals surface area (Å²) in [5, 5.41) is 0. The molecule has 24 heavy (non-hydrogen) atoms. The van der Waals surface area contributed by atoms with Gasteiger partial charge in [-0.1, -0.05) is 24.6 Å². The lowest BCUT2D eigenvalue weighted by Crippen LogP contribution is -2.41. The highest BCUT2D eigenvalue weighted by Gasteiger charge is 2.19. The van der Waals surface area contributed by atoms with Crippen LogP contribution < -0.4 is 5.48 Å². The van der Waals surface area contributed by atoms with Gasteiger partial charge < -0.3 is 4.74 Å². The fourth-order valence-electron chi connectivity index (χ4n) is 2.64. The molecule has 1 heterocycles. The number of piperidine rings is 1. The van der Waals surface area contributed by atoms with E-state index in [0.29, 0.717) is 12.1 Å². The predicted octanol–water partition coefficient (Wildman–Crippen LogP) is 2.19. The van der Waals surface area contributed by atoms with E-state index in [0.717, 1.165) is 13.1 Å². The quantitative estimate of drug-likeness (QED) is 0.599. The Labute approximate surface area is 148 Å². The number of carbonyl (C=O) groups is 2. The second-order valence-corrected chi connectivity index (χ2v) is 5.70. The molecule has 0 bridgehead atoms. The van der Waals surface area contributed by atoms with Crippen LogP contribution in [0.1, 0.15) is 36.5 Å². The molecule has 134 valence electrons. The predicted molar refractivity (Wildman–Crippen MR) is 93.0 cm³/mol. The number of benzene rings is 1. The lowest BCUT2D eigenvalue weighted by molar-refractivity contribution is -0.152. The molecule has 1 atom stereocenters. The fraction of sp³-hybridized carbons (Fsp3) is 0.529. The van der Waals surface area contributed by atoms with E-state index in [9.17, 15) is 9.59 Å². The maximum Gasteiger partial charge on any atom is 0.303 e. The zero-order valence-electron chi connectivity index (χ0n) is 13.9. The van der Waals surface area contributed by atoms with Crippen molar-refractivity contribution in [2.24, 2.45) is 0 Å². The monoisotopic (exact) mass is 356 g/mol. The van der Waals surface area contributed by atoms with Crippen LogP contribution in [0.15, 0.2) is 30.3 Å². The van der Waals surface area contributed by atoms with Gasteiger partial charge in [0.2, 0.25) is 0 Å². The molecule has 1 amide bonds. The van der Waals surface area contributed by atoms with E-state index < -0.39 is 0 Å². The molecule has 1 saturated heterocycles. The topological polar surface area (TPSA) is 67.9 Å². The van der Waals surface area contributed by atoms with E-state index in [4.69, 9.17) is 9.57 Å². The van der Waals surface area contributed by atoms with Gasteiger partial charge in [-0.05, 0) is 38.1 Å². The normalized spacial score (nSPS) is 15.9. The summed E-state index contributed by atoms with van der Waals surface area (Å²) in [7, 11) is 0. The van der Waals surface area contributed by atoms with Crippen molar-refractivity contribution in [2.75, 3.05) is 26.2 Å². The number of amides is 1. The summed E-state index contributed by atoms with van der Waals surface area (Å²) in [5.41, 5.74) is 2.91. The minimum absolute atomic E-state index is 0. The number of carbonyl (C=O) groups excluding carboxylic acids is 2. The molecule has 1 aliphatic rings. The van der Waals surface area contributed by atoms with E-state index in [-0.39, 0.29) is 37.0 Å². The zero-order valence-corrected chi connectivity index (χ0v) is 14.7. The number of hydrogen-bond acceptors (Lipinski definition) is 5. The number of hydrogen-bond donors (Lipinski definition) is 1. The molecule has 1 aromatic carbocycles. The highest BCUT2D eigenvalue weighted by atomic mass is 35.5. The summed E-state index contributed by atoms with van der Waals surface area (Å²) >= 11 is 0. The molecule has 1 fully saturated rings. The van der Waals surface area contributed by atoms with Crippen LogP contribution in [0, 0.1) is 0 Å². The Morgan fingerprint density at radius 3 is 2.46 bits per heavy atom. The number of hydroxylamine groups is 1. The molecule has 2 rings (SSSR count). The van der Waals surface area contributed by atoms with Gasteiger partial charge in [0.25, 0.3) is 5.91 Å². The van der Waals surface area contributed by atoms with Gasteiger partial charge in [-0.25, -0.2) is 5.48 Å². The van der Waals surface area contributed by atoms with Crippen molar-refractivity contribution < 1.29 is 19.2 Å². The minimum atomic E-state index is -0.387. The van der Waals surface area contributed by atoms with Gasteiger partial charge in [0.1, 0.15) is 12.7 Å². The number of nitrogens with zero attached hydrogens (tertiary/aromatic N) is 1. The third-order valence-corrected chi connectivity index (χ3v) is 3.71. The van der Waals surface area contributed by atoms with Gasteiger partial charge in [0, 0.05) is 19.0 Å². The Kier molecular flexibility index (Phi) is 9.37. The third kappa shape index (κ3) is 7.29. The molecule has 0 aromatic heterocycles. The molecule has 0 saturated carbocycles. The molecular weight excluding hydrogens is 332 g/mol. The lowest BCUT2D eigenvalue weighted by Gasteiger charge is -2.29. The largest absolute Gasteiger partial charge is 0.459 e. The third-order valence-electron chi connectivity index (χ3n) is 3.71. The molecule has 1 unspecified atom stereocenters. The number of esters is 1. The van der Waals surface area contributed by atoms with Crippen molar-refractivity contribution in [2.45, 2.75) is 32.3 Å². The first-order valence-electron chi connectivity index (χ1n) is 8.02. The highest BCUT2D eigenvalue weighted by molar-refractivity contribution is 5.93. The number of nitrogens with one attached hydrogen (secondary N) is 1. The van der Waals surface area contributed by atoms with E-state index in [1.54, 1.807) is 24.3 Å². The molecule has 1 N–H and O–H groups in total. The Morgan fingerprint density at radius 2 is 1.83 bits per heavy atom. The average Bonchev–Trinajstić information content (AvgIpc) is 2.56. The lowest BCUT2D eigenvalue weighted by atomic mass is 10.1. The van der Waals surface area contributed by atoms with Crippen LogP contribution in [0.4, 0.5) is 0 Å². The van der Waals surface area contributed by atoms with Crippen LogP contribution in [0.2, 0.25) is 0 Å². The van der Waals surface area contributed by atoms with Crippen molar-refractivity contribution in [3.8, 4) is 0 Å². The molecule has 7 heteroatoms. The average molecular weight is 357 g/mol. The molecular formula is C17H25ClN2O4. The maximum absolute atomic E-state index is 11.9. The second kappa shape index (κ2) is 11.0. The van der Waals surface area contributed by atoms with Gasteiger partial charge in [0.15, 0.2) is 0 Å². The minimum Gasteiger partial charge on any atom is -0.459 e. The summed E-state index contributed by atoms with van der Waals surface area (Å²) in [6, 6.07) is 8.82. The van der Waals surface area contributed by atoms with Gasteiger partial charge >= 0.3 is 5.97 Å². The summed E-state index contributed by atoms with van der Waals surface area (Å²) < 4.78 is 5.28. The number of rotatable bonds is 7. The van der Waals surface area contributed by atoms with E-state index in [2.05, 4.69) is 10.4 Å².